The Morgan fingerprint density at radius 1 is 1.07 bits per heavy atom. The highest BCUT2D eigenvalue weighted by molar-refractivity contribution is 5.27. The highest BCUT2D eigenvalue weighted by Gasteiger charge is 2.09. The van der Waals surface area contributed by atoms with Crippen molar-refractivity contribution in [1.82, 2.24) is 4.98 Å². The van der Waals surface area contributed by atoms with E-state index in [1.165, 1.54) is 12.1 Å². The number of benzene rings is 1. The van der Waals surface area contributed by atoms with E-state index in [4.69, 9.17) is 0 Å². The lowest BCUT2D eigenvalue weighted by molar-refractivity contribution is 0.220. The summed E-state index contributed by atoms with van der Waals surface area (Å²) < 4.78 is 12.7. The van der Waals surface area contributed by atoms with Crippen LogP contribution in [-0.2, 0) is 0 Å². The van der Waals surface area contributed by atoms with Gasteiger partial charge in [-0.3, -0.25) is 4.98 Å². The minimum absolute atomic E-state index is 0.308. The highest BCUT2D eigenvalue weighted by atomic mass is 19.1. The molecule has 2 rings (SSSR count). The number of aliphatic hydroxyl groups excluding tert-OH is 1. The Labute approximate surface area is 87.0 Å². The first-order valence-corrected chi connectivity index (χ1v) is 4.61. The Kier molecular flexibility index (Phi) is 2.74. The van der Waals surface area contributed by atoms with Gasteiger partial charge in [0.15, 0.2) is 0 Å². The maximum absolute atomic E-state index is 12.7. The molecule has 1 atom stereocenters. The molecule has 2 nitrogen and oxygen atoms in total. The molecule has 0 saturated heterocycles. The highest BCUT2D eigenvalue weighted by Crippen LogP contribution is 2.20. The molecule has 15 heavy (non-hydrogen) atoms. The third kappa shape index (κ3) is 2.19. The quantitative estimate of drug-likeness (QED) is 0.812. The van der Waals surface area contributed by atoms with Gasteiger partial charge in [0.2, 0.25) is 0 Å². The summed E-state index contributed by atoms with van der Waals surface area (Å²) in [6, 6.07) is 9.31. The summed E-state index contributed by atoms with van der Waals surface area (Å²) in [5, 5.41) is 9.92. The lowest BCUT2D eigenvalue weighted by Crippen LogP contribution is -1.99. The number of hydrogen-bond donors (Lipinski definition) is 1. The molecule has 1 heterocycles. The average molecular weight is 203 g/mol. The zero-order valence-corrected chi connectivity index (χ0v) is 7.97. The largest absolute Gasteiger partial charge is 0.384 e. The molecule has 0 bridgehead atoms. The van der Waals surface area contributed by atoms with Crippen LogP contribution >= 0.6 is 0 Å². The average Bonchev–Trinajstić information content (AvgIpc) is 2.30. The molecule has 1 aromatic carbocycles. The van der Waals surface area contributed by atoms with E-state index >= 15 is 0 Å². The van der Waals surface area contributed by atoms with E-state index in [1.807, 2.05) is 0 Å². The van der Waals surface area contributed by atoms with Crippen LogP contribution in [0.5, 0.6) is 0 Å². The molecule has 0 saturated carbocycles. The Hall–Kier alpha value is -1.74. The topological polar surface area (TPSA) is 33.1 Å². The van der Waals surface area contributed by atoms with Crippen LogP contribution in [-0.4, -0.2) is 10.1 Å². The number of pyridine rings is 1. The summed E-state index contributed by atoms with van der Waals surface area (Å²) in [6.07, 6.45) is 2.48. The van der Waals surface area contributed by atoms with Crippen molar-refractivity contribution in [1.29, 1.82) is 0 Å². The number of hydrogen-bond acceptors (Lipinski definition) is 2. The second kappa shape index (κ2) is 4.19. The van der Waals surface area contributed by atoms with Gasteiger partial charge in [-0.15, -0.1) is 0 Å². The van der Waals surface area contributed by atoms with Crippen LogP contribution in [0.1, 0.15) is 17.2 Å². The van der Waals surface area contributed by atoms with Crippen LogP contribution in [0.25, 0.3) is 0 Å². The minimum atomic E-state index is -0.751. The molecule has 0 spiro atoms. The number of aliphatic hydroxyl groups is 1. The van der Waals surface area contributed by atoms with Gasteiger partial charge < -0.3 is 5.11 Å². The first-order valence-electron chi connectivity index (χ1n) is 4.61. The second-order valence-corrected chi connectivity index (χ2v) is 3.24. The van der Waals surface area contributed by atoms with Crippen LogP contribution < -0.4 is 0 Å². The van der Waals surface area contributed by atoms with Crippen molar-refractivity contribution < 1.29 is 9.50 Å². The van der Waals surface area contributed by atoms with E-state index < -0.39 is 6.10 Å². The maximum Gasteiger partial charge on any atom is 0.123 e. The van der Waals surface area contributed by atoms with Gasteiger partial charge in [-0.2, -0.15) is 0 Å². The Morgan fingerprint density at radius 3 is 2.40 bits per heavy atom. The smallest absolute Gasteiger partial charge is 0.123 e. The summed E-state index contributed by atoms with van der Waals surface area (Å²) in [6.45, 7) is 0. The fourth-order valence-electron chi connectivity index (χ4n) is 1.38. The fourth-order valence-corrected chi connectivity index (χ4v) is 1.38. The molecular formula is C12H10FNO. The van der Waals surface area contributed by atoms with Gasteiger partial charge in [0.05, 0.1) is 0 Å². The van der Waals surface area contributed by atoms with E-state index in [9.17, 15) is 9.50 Å². The first-order chi connectivity index (χ1) is 7.27. The number of nitrogens with zero attached hydrogens (tertiary/aromatic N) is 1. The monoisotopic (exact) mass is 203 g/mol. The van der Waals surface area contributed by atoms with Crippen molar-refractivity contribution in [2.45, 2.75) is 6.10 Å². The third-order valence-corrected chi connectivity index (χ3v) is 2.19. The predicted octanol–water partition coefficient (Wildman–Crippen LogP) is 2.30. The van der Waals surface area contributed by atoms with Crippen LogP contribution in [0.3, 0.4) is 0 Å². The van der Waals surface area contributed by atoms with Crippen LogP contribution in [0, 0.1) is 5.82 Å². The number of rotatable bonds is 2. The maximum atomic E-state index is 12.7. The number of halogens is 1. The van der Waals surface area contributed by atoms with Crippen LogP contribution in [0.2, 0.25) is 0 Å². The van der Waals surface area contributed by atoms with Crippen molar-refractivity contribution in [3.8, 4) is 0 Å². The van der Waals surface area contributed by atoms with Gasteiger partial charge in [-0.05, 0) is 23.8 Å². The third-order valence-electron chi connectivity index (χ3n) is 2.19. The first kappa shape index (κ1) is 9.80. The molecule has 0 aliphatic rings. The molecule has 3 heteroatoms. The predicted molar refractivity (Wildman–Crippen MR) is 54.7 cm³/mol. The molecule has 1 N–H and O–H groups in total. The van der Waals surface area contributed by atoms with Gasteiger partial charge in [-0.25, -0.2) is 4.39 Å². The van der Waals surface area contributed by atoms with Crippen molar-refractivity contribution in [3.63, 3.8) is 0 Å². The molecule has 76 valence electrons. The van der Waals surface area contributed by atoms with E-state index in [0.29, 0.717) is 11.1 Å². The molecule has 0 aliphatic heterocycles. The molecule has 0 amide bonds. The summed E-state index contributed by atoms with van der Waals surface area (Å²) >= 11 is 0. The lowest BCUT2D eigenvalue weighted by atomic mass is 10.0. The van der Waals surface area contributed by atoms with E-state index in [2.05, 4.69) is 4.98 Å². The standard InChI is InChI=1S/C12H10FNO/c13-11-5-3-9(4-6-11)12(15)10-2-1-7-14-8-10/h1-8,12,15H/t12-/m1/s1. The Morgan fingerprint density at radius 2 is 1.80 bits per heavy atom. The second-order valence-electron chi connectivity index (χ2n) is 3.24. The van der Waals surface area contributed by atoms with Gasteiger partial charge in [0.1, 0.15) is 11.9 Å². The van der Waals surface area contributed by atoms with Crippen molar-refractivity contribution in [3.05, 3.63) is 65.7 Å². The summed E-state index contributed by atoms with van der Waals surface area (Å²) in [5.41, 5.74) is 1.36. The zero-order chi connectivity index (χ0) is 10.7. The molecule has 1 aromatic heterocycles. The fraction of sp³-hybridized carbons (Fsp3) is 0.0833. The van der Waals surface area contributed by atoms with Gasteiger partial charge in [0, 0.05) is 18.0 Å². The summed E-state index contributed by atoms with van der Waals surface area (Å²) in [7, 11) is 0. The number of aromatic nitrogens is 1. The lowest BCUT2D eigenvalue weighted by Gasteiger charge is -2.10. The van der Waals surface area contributed by atoms with Crippen molar-refractivity contribution >= 4 is 0 Å². The summed E-state index contributed by atoms with van der Waals surface area (Å²) in [5.74, 6) is -0.308. The van der Waals surface area contributed by atoms with Crippen LogP contribution in [0.15, 0.2) is 48.8 Å². The molecule has 0 radical (unpaired) electrons. The molecule has 0 aliphatic carbocycles. The van der Waals surface area contributed by atoms with E-state index in [0.717, 1.165) is 0 Å². The van der Waals surface area contributed by atoms with Gasteiger partial charge >= 0.3 is 0 Å². The van der Waals surface area contributed by atoms with Crippen molar-refractivity contribution in [2.24, 2.45) is 0 Å². The normalized spacial score (nSPS) is 12.4. The Bertz CT molecular complexity index is 427. The zero-order valence-electron chi connectivity index (χ0n) is 7.97. The molecule has 2 aromatic rings. The Balaban J connectivity index is 2.29. The summed E-state index contributed by atoms with van der Waals surface area (Å²) in [4.78, 5) is 3.91. The van der Waals surface area contributed by atoms with Gasteiger partial charge in [0.25, 0.3) is 0 Å². The minimum Gasteiger partial charge on any atom is -0.384 e. The van der Waals surface area contributed by atoms with Gasteiger partial charge in [-0.1, -0.05) is 18.2 Å². The van der Waals surface area contributed by atoms with E-state index in [-0.39, 0.29) is 5.82 Å². The van der Waals surface area contributed by atoms with E-state index in [1.54, 1.807) is 36.7 Å². The molecular weight excluding hydrogens is 193 g/mol. The van der Waals surface area contributed by atoms with Crippen molar-refractivity contribution in [2.75, 3.05) is 0 Å². The van der Waals surface area contributed by atoms with Crippen LogP contribution in [0.4, 0.5) is 4.39 Å². The molecule has 0 unspecified atom stereocenters. The SMILES string of the molecule is O[C@H](c1ccc(F)cc1)c1cccnc1. The molecule has 0 fully saturated rings.